The maximum Gasteiger partial charge on any atom is 0.573 e. The Morgan fingerprint density at radius 2 is 1.17 bits per heavy atom. The van der Waals surface area contributed by atoms with Crippen LogP contribution in [0.5, 0.6) is 11.5 Å². The van der Waals surface area contributed by atoms with Crippen molar-refractivity contribution in [3.63, 3.8) is 0 Å². The van der Waals surface area contributed by atoms with Crippen molar-refractivity contribution in [1.82, 2.24) is 4.98 Å². The van der Waals surface area contributed by atoms with E-state index in [2.05, 4.69) is 14.5 Å². The standard InChI is InChI=1S/C19H10F7NO2/c20-15-7-8-16(11-3-1-5-13(9-11)28-18(21,22)23)27-17(15)12-4-2-6-14(10-12)29-19(24,25)26/h1-10H. The molecule has 2 aromatic carbocycles. The second-order valence-corrected chi connectivity index (χ2v) is 5.68. The van der Waals surface area contributed by atoms with Gasteiger partial charge in [0.15, 0.2) is 0 Å². The zero-order valence-electron chi connectivity index (χ0n) is 14.2. The second kappa shape index (κ2) is 7.61. The molecule has 3 rings (SSSR count). The number of alkyl halides is 6. The van der Waals surface area contributed by atoms with Gasteiger partial charge >= 0.3 is 12.7 Å². The predicted octanol–water partition coefficient (Wildman–Crippen LogP) is 6.35. The lowest BCUT2D eigenvalue weighted by molar-refractivity contribution is -0.275. The number of pyridine rings is 1. The van der Waals surface area contributed by atoms with Crippen molar-refractivity contribution in [2.24, 2.45) is 0 Å². The van der Waals surface area contributed by atoms with Crippen molar-refractivity contribution in [2.75, 3.05) is 0 Å². The SMILES string of the molecule is Fc1ccc(-c2cccc(OC(F)(F)F)c2)nc1-c1cccc(OC(F)(F)F)c1. The van der Waals surface area contributed by atoms with E-state index in [1.54, 1.807) is 0 Å². The Hall–Kier alpha value is -3.30. The smallest absolute Gasteiger partial charge is 0.406 e. The third-order valence-corrected chi connectivity index (χ3v) is 3.55. The van der Waals surface area contributed by atoms with Crippen molar-refractivity contribution in [3.8, 4) is 34.0 Å². The Labute approximate surface area is 159 Å². The summed E-state index contributed by atoms with van der Waals surface area (Å²) in [4.78, 5) is 4.04. The zero-order chi connectivity index (χ0) is 21.2. The lowest BCUT2D eigenvalue weighted by Gasteiger charge is -2.12. The molecule has 0 aliphatic heterocycles. The fraction of sp³-hybridized carbons (Fsp3) is 0.105. The lowest BCUT2D eigenvalue weighted by atomic mass is 10.1. The van der Waals surface area contributed by atoms with Crippen molar-refractivity contribution >= 4 is 0 Å². The van der Waals surface area contributed by atoms with E-state index in [9.17, 15) is 30.7 Å². The van der Waals surface area contributed by atoms with Gasteiger partial charge in [0.1, 0.15) is 23.0 Å². The average molecular weight is 417 g/mol. The van der Waals surface area contributed by atoms with Gasteiger partial charge in [0.2, 0.25) is 0 Å². The van der Waals surface area contributed by atoms with Crippen LogP contribution in [0, 0.1) is 5.82 Å². The molecule has 0 fully saturated rings. The summed E-state index contributed by atoms with van der Waals surface area (Å²) < 4.78 is 96.2. The molecule has 0 saturated heterocycles. The van der Waals surface area contributed by atoms with Crippen LogP contribution in [0.25, 0.3) is 22.5 Å². The van der Waals surface area contributed by atoms with Crippen molar-refractivity contribution in [3.05, 3.63) is 66.5 Å². The number of hydrogen-bond acceptors (Lipinski definition) is 3. The molecule has 3 aromatic rings. The topological polar surface area (TPSA) is 31.4 Å². The molecule has 1 aromatic heterocycles. The van der Waals surface area contributed by atoms with Crippen LogP contribution in [0.3, 0.4) is 0 Å². The van der Waals surface area contributed by atoms with Gasteiger partial charge in [-0.25, -0.2) is 9.37 Å². The molecule has 0 saturated carbocycles. The van der Waals surface area contributed by atoms with E-state index in [1.807, 2.05) is 0 Å². The summed E-state index contributed by atoms with van der Waals surface area (Å²) in [5.41, 5.74) is -0.0158. The molecule has 0 N–H and O–H groups in total. The number of rotatable bonds is 4. The molecular formula is C19H10F7NO2. The summed E-state index contributed by atoms with van der Waals surface area (Å²) >= 11 is 0. The highest BCUT2D eigenvalue weighted by Crippen LogP contribution is 2.31. The molecule has 3 nitrogen and oxygen atoms in total. The average Bonchev–Trinajstić information content (AvgIpc) is 2.59. The highest BCUT2D eigenvalue weighted by molar-refractivity contribution is 5.68. The quantitative estimate of drug-likeness (QED) is 0.464. The number of benzene rings is 2. The first-order valence-electron chi connectivity index (χ1n) is 7.89. The first-order chi connectivity index (χ1) is 13.5. The number of ether oxygens (including phenoxy) is 2. The molecule has 0 aliphatic rings. The minimum absolute atomic E-state index is 0.00574. The van der Waals surface area contributed by atoms with E-state index in [0.717, 1.165) is 30.3 Å². The van der Waals surface area contributed by atoms with Crippen molar-refractivity contribution in [2.45, 2.75) is 12.7 Å². The maximum atomic E-state index is 14.2. The minimum atomic E-state index is -4.93. The molecule has 152 valence electrons. The molecule has 0 amide bonds. The van der Waals surface area contributed by atoms with E-state index in [1.165, 1.54) is 30.3 Å². The first-order valence-corrected chi connectivity index (χ1v) is 7.89. The number of aromatic nitrogens is 1. The third kappa shape index (κ3) is 5.59. The highest BCUT2D eigenvalue weighted by atomic mass is 19.4. The van der Waals surface area contributed by atoms with E-state index in [4.69, 9.17) is 0 Å². The van der Waals surface area contributed by atoms with Gasteiger partial charge in [-0.05, 0) is 36.4 Å². The van der Waals surface area contributed by atoms with Crippen LogP contribution in [-0.2, 0) is 0 Å². The molecular weight excluding hydrogens is 407 g/mol. The molecule has 10 heteroatoms. The molecule has 0 radical (unpaired) electrons. The Morgan fingerprint density at radius 3 is 1.72 bits per heavy atom. The Balaban J connectivity index is 1.98. The summed E-state index contributed by atoms with van der Waals surface area (Å²) in [5, 5.41) is 0. The van der Waals surface area contributed by atoms with Crippen LogP contribution in [-0.4, -0.2) is 17.7 Å². The zero-order valence-corrected chi connectivity index (χ0v) is 14.2. The number of halogens is 7. The van der Waals surface area contributed by atoms with E-state index in [0.29, 0.717) is 0 Å². The number of hydrogen-bond donors (Lipinski definition) is 0. The maximum absolute atomic E-state index is 14.2. The van der Waals surface area contributed by atoms with Gasteiger partial charge in [0.05, 0.1) is 5.69 Å². The third-order valence-electron chi connectivity index (χ3n) is 3.55. The molecule has 0 spiro atoms. The number of nitrogens with zero attached hydrogens (tertiary/aromatic N) is 1. The van der Waals surface area contributed by atoms with Crippen LogP contribution in [0.15, 0.2) is 60.7 Å². The largest absolute Gasteiger partial charge is 0.573 e. The van der Waals surface area contributed by atoms with Crippen LogP contribution in [0.4, 0.5) is 30.7 Å². The Kier molecular flexibility index (Phi) is 5.36. The van der Waals surface area contributed by atoms with Gasteiger partial charge < -0.3 is 9.47 Å². The lowest BCUT2D eigenvalue weighted by Crippen LogP contribution is -2.17. The second-order valence-electron chi connectivity index (χ2n) is 5.68. The van der Waals surface area contributed by atoms with Crippen LogP contribution < -0.4 is 9.47 Å². The molecule has 0 bridgehead atoms. The van der Waals surface area contributed by atoms with Gasteiger partial charge in [-0.1, -0.05) is 24.3 Å². The highest BCUT2D eigenvalue weighted by Gasteiger charge is 2.32. The van der Waals surface area contributed by atoms with Crippen molar-refractivity contribution < 1.29 is 40.2 Å². The minimum Gasteiger partial charge on any atom is -0.406 e. The summed E-state index contributed by atoms with van der Waals surface area (Å²) in [7, 11) is 0. The molecule has 29 heavy (non-hydrogen) atoms. The summed E-state index contributed by atoms with van der Waals surface area (Å²) in [5.74, 6) is -1.90. The fourth-order valence-electron chi connectivity index (χ4n) is 2.50. The van der Waals surface area contributed by atoms with E-state index in [-0.39, 0.29) is 22.5 Å². The van der Waals surface area contributed by atoms with Gasteiger partial charge in [-0.15, -0.1) is 26.3 Å². The van der Waals surface area contributed by atoms with E-state index >= 15 is 0 Å². The fourth-order valence-corrected chi connectivity index (χ4v) is 2.50. The van der Waals surface area contributed by atoms with Crippen LogP contribution >= 0.6 is 0 Å². The molecule has 0 unspecified atom stereocenters. The Morgan fingerprint density at radius 1 is 0.655 bits per heavy atom. The molecule has 1 heterocycles. The summed E-state index contributed by atoms with van der Waals surface area (Å²) in [6.07, 6.45) is -9.82. The van der Waals surface area contributed by atoms with Crippen LogP contribution in [0.2, 0.25) is 0 Å². The molecule has 0 aliphatic carbocycles. The van der Waals surface area contributed by atoms with Gasteiger partial charge in [-0.3, -0.25) is 0 Å². The van der Waals surface area contributed by atoms with Gasteiger partial charge in [0.25, 0.3) is 0 Å². The van der Waals surface area contributed by atoms with Gasteiger partial charge in [0, 0.05) is 11.1 Å². The summed E-state index contributed by atoms with van der Waals surface area (Å²) in [6.45, 7) is 0. The summed E-state index contributed by atoms with van der Waals surface area (Å²) in [6, 6.07) is 11.6. The van der Waals surface area contributed by atoms with Crippen LogP contribution in [0.1, 0.15) is 0 Å². The van der Waals surface area contributed by atoms with E-state index < -0.39 is 30.0 Å². The van der Waals surface area contributed by atoms with Crippen molar-refractivity contribution in [1.29, 1.82) is 0 Å². The van der Waals surface area contributed by atoms with Gasteiger partial charge in [-0.2, -0.15) is 0 Å². The monoisotopic (exact) mass is 417 g/mol. The Bertz CT molecular complexity index is 1020. The first kappa shape index (κ1) is 20.4. The normalized spacial score (nSPS) is 12.0. The predicted molar refractivity (Wildman–Crippen MR) is 88.4 cm³/mol. The molecule has 0 atom stereocenters.